The number of hydrogen-bond acceptors (Lipinski definition) is 1. The molecule has 0 saturated carbocycles. The van der Waals surface area contributed by atoms with Crippen molar-refractivity contribution in [1.29, 1.82) is 0 Å². The van der Waals surface area contributed by atoms with Crippen molar-refractivity contribution in [3.8, 4) is 11.8 Å². The SMILES string of the molecule is O=C1CC(C#Cc2ccccc2)N1. The molecule has 0 spiro atoms. The zero-order valence-corrected chi connectivity index (χ0v) is 7.08. The summed E-state index contributed by atoms with van der Waals surface area (Å²) < 4.78 is 0. The molecule has 1 unspecified atom stereocenters. The van der Waals surface area contributed by atoms with Crippen molar-refractivity contribution in [2.45, 2.75) is 12.5 Å². The molecule has 0 aromatic heterocycles. The maximum Gasteiger partial charge on any atom is 0.224 e. The van der Waals surface area contributed by atoms with Gasteiger partial charge in [-0.2, -0.15) is 0 Å². The average Bonchev–Trinajstić information content (AvgIpc) is 2.12. The van der Waals surface area contributed by atoms with Crippen molar-refractivity contribution >= 4 is 5.91 Å². The minimum atomic E-state index is 0.0627. The topological polar surface area (TPSA) is 29.1 Å². The molecule has 13 heavy (non-hydrogen) atoms. The quantitative estimate of drug-likeness (QED) is 0.456. The van der Waals surface area contributed by atoms with Crippen molar-refractivity contribution in [1.82, 2.24) is 5.32 Å². The molecular formula is C11H9NO. The molecule has 1 aliphatic rings. The Morgan fingerprint density at radius 3 is 2.62 bits per heavy atom. The third-order valence-electron chi connectivity index (χ3n) is 1.89. The van der Waals surface area contributed by atoms with Crippen LogP contribution in [0.2, 0.25) is 0 Å². The third kappa shape index (κ3) is 1.88. The highest BCUT2D eigenvalue weighted by Gasteiger charge is 2.22. The van der Waals surface area contributed by atoms with Crippen LogP contribution in [0.15, 0.2) is 30.3 Å². The van der Waals surface area contributed by atoms with E-state index in [0.29, 0.717) is 6.42 Å². The normalized spacial score (nSPS) is 19.4. The van der Waals surface area contributed by atoms with Gasteiger partial charge in [-0.1, -0.05) is 30.0 Å². The van der Waals surface area contributed by atoms with Crippen LogP contribution < -0.4 is 5.32 Å². The van der Waals surface area contributed by atoms with Crippen LogP contribution in [0.4, 0.5) is 0 Å². The number of benzene rings is 1. The molecule has 0 aliphatic carbocycles. The molecule has 1 atom stereocenters. The second-order valence-corrected chi connectivity index (χ2v) is 2.96. The highest BCUT2D eigenvalue weighted by atomic mass is 16.2. The summed E-state index contributed by atoms with van der Waals surface area (Å²) in [5.41, 5.74) is 0.989. The van der Waals surface area contributed by atoms with Gasteiger partial charge in [-0.3, -0.25) is 4.79 Å². The summed E-state index contributed by atoms with van der Waals surface area (Å²) in [6.45, 7) is 0. The summed E-state index contributed by atoms with van der Waals surface area (Å²) in [4.78, 5) is 10.5. The first kappa shape index (κ1) is 7.88. The van der Waals surface area contributed by atoms with E-state index in [4.69, 9.17) is 0 Å². The lowest BCUT2D eigenvalue weighted by molar-refractivity contribution is -0.126. The number of carbonyl (C=O) groups excluding carboxylic acids is 1. The molecule has 2 nitrogen and oxygen atoms in total. The van der Waals surface area contributed by atoms with E-state index in [1.54, 1.807) is 0 Å². The molecule has 1 heterocycles. The highest BCUT2D eigenvalue weighted by molar-refractivity contribution is 5.84. The number of carbonyl (C=O) groups is 1. The molecule has 1 N–H and O–H groups in total. The molecule has 1 saturated heterocycles. The van der Waals surface area contributed by atoms with Crippen molar-refractivity contribution in [3.63, 3.8) is 0 Å². The molecule has 1 aromatic carbocycles. The molecular weight excluding hydrogens is 162 g/mol. The number of amides is 1. The molecule has 2 rings (SSSR count). The van der Waals surface area contributed by atoms with E-state index < -0.39 is 0 Å². The average molecular weight is 171 g/mol. The highest BCUT2D eigenvalue weighted by Crippen LogP contribution is 2.02. The smallest absolute Gasteiger partial charge is 0.224 e. The molecule has 2 heteroatoms. The monoisotopic (exact) mass is 171 g/mol. The minimum Gasteiger partial charge on any atom is -0.342 e. The van der Waals surface area contributed by atoms with Crippen LogP contribution in [-0.4, -0.2) is 11.9 Å². The zero-order chi connectivity index (χ0) is 9.10. The second kappa shape index (κ2) is 3.32. The van der Waals surface area contributed by atoms with Gasteiger partial charge in [0.15, 0.2) is 0 Å². The third-order valence-corrected chi connectivity index (χ3v) is 1.89. The Morgan fingerprint density at radius 1 is 1.31 bits per heavy atom. The van der Waals surface area contributed by atoms with Gasteiger partial charge in [0.1, 0.15) is 0 Å². The number of rotatable bonds is 0. The first-order chi connectivity index (χ1) is 6.34. The summed E-state index contributed by atoms with van der Waals surface area (Å²) in [5.74, 6) is 6.08. The van der Waals surface area contributed by atoms with Gasteiger partial charge in [-0.15, -0.1) is 0 Å². The Bertz CT molecular complexity index is 364. The predicted molar refractivity (Wildman–Crippen MR) is 49.9 cm³/mol. The van der Waals surface area contributed by atoms with E-state index in [1.807, 2.05) is 30.3 Å². The van der Waals surface area contributed by atoms with E-state index in [-0.39, 0.29) is 11.9 Å². The van der Waals surface area contributed by atoms with E-state index in [2.05, 4.69) is 17.2 Å². The van der Waals surface area contributed by atoms with Crippen LogP contribution in [-0.2, 0) is 4.79 Å². The Balaban J connectivity index is 2.01. The van der Waals surface area contributed by atoms with Crippen LogP contribution in [0.1, 0.15) is 12.0 Å². The molecule has 1 aliphatic heterocycles. The summed E-state index contributed by atoms with van der Waals surface area (Å²) in [7, 11) is 0. The number of nitrogens with one attached hydrogen (secondary N) is 1. The van der Waals surface area contributed by atoms with Crippen molar-refractivity contribution < 1.29 is 4.79 Å². The Kier molecular flexibility index (Phi) is 2.01. The number of hydrogen-bond donors (Lipinski definition) is 1. The molecule has 64 valence electrons. The first-order valence-electron chi connectivity index (χ1n) is 4.20. The summed E-state index contributed by atoms with van der Waals surface area (Å²) >= 11 is 0. The summed E-state index contributed by atoms with van der Waals surface area (Å²) in [5, 5.41) is 2.70. The van der Waals surface area contributed by atoms with Crippen LogP contribution in [0.5, 0.6) is 0 Å². The van der Waals surface area contributed by atoms with Gasteiger partial charge in [-0.05, 0) is 12.1 Å². The van der Waals surface area contributed by atoms with Gasteiger partial charge in [0.2, 0.25) is 5.91 Å². The second-order valence-electron chi connectivity index (χ2n) is 2.96. The zero-order valence-electron chi connectivity index (χ0n) is 7.08. The largest absolute Gasteiger partial charge is 0.342 e. The standard InChI is InChI=1S/C11H9NO/c13-11-8-10(12-11)7-6-9-4-2-1-3-5-9/h1-5,10H,8H2,(H,12,13). The van der Waals surface area contributed by atoms with Gasteiger partial charge in [0, 0.05) is 5.56 Å². The van der Waals surface area contributed by atoms with Gasteiger partial charge in [-0.25, -0.2) is 0 Å². The van der Waals surface area contributed by atoms with Crippen LogP contribution >= 0.6 is 0 Å². The predicted octanol–water partition coefficient (Wildman–Crippen LogP) is 0.927. The van der Waals surface area contributed by atoms with Gasteiger partial charge in [0.25, 0.3) is 0 Å². The lowest BCUT2D eigenvalue weighted by Crippen LogP contribution is -2.47. The van der Waals surface area contributed by atoms with E-state index in [0.717, 1.165) is 5.56 Å². The Labute approximate surface area is 77.0 Å². The lowest BCUT2D eigenvalue weighted by atomic mass is 10.1. The van der Waals surface area contributed by atoms with Crippen molar-refractivity contribution in [3.05, 3.63) is 35.9 Å². The minimum absolute atomic E-state index is 0.0627. The fourth-order valence-corrected chi connectivity index (χ4v) is 1.14. The van der Waals surface area contributed by atoms with Crippen molar-refractivity contribution in [2.75, 3.05) is 0 Å². The first-order valence-corrected chi connectivity index (χ1v) is 4.20. The van der Waals surface area contributed by atoms with Crippen molar-refractivity contribution in [2.24, 2.45) is 0 Å². The lowest BCUT2D eigenvalue weighted by Gasteiger charge is -2.20. The number of β-lactam (4-membered cyclic amide) rings is 1. The van der Waals surface area contributed by atoms with E-state index >= 15 is 0 Å². The maximum absolute atomic E-state index is 10.5. The van der Waals surface area contributed by atoms with Crippen LogP contribution in [0.25, 0.3) is 0 Å². The van der Waals surface area contributed by atoms with Gasteiger partial charge < -0.3 is 5.32 Å². The fourth-order valence-electron chi connectivity index (χ4n) is 1.14. The molecule has 1 fully saturated rings. The molecule has 1 amide bonds. The van der Waals surface area contributed by atoms with Crippen LogP contribution in [0.3, 0.4) is 0 Å². The van der Waals surface area contributed by atoms with Gasteiger partial charge >= 0.3 is 0 Å². The Morgan fingerprint density at radius 2 is 2.00 bits per heavy atom. The van der Waals surface area contributed by atoms with Crippen LogP contribution in [0, 0.1) is 11.8 Å². The fraction of sp³-hybridized carbons (Fsp3) is 0.182. The molecule has 1 aromatic rings. The molecule has 0 bridgehead atoms. The van der Waals surface area contributed by atoms with E-state index in [1.165, 1.54) is 0 Å². The summed E-state index contributed by atoms with van der Waals surface area (Å²) in [6.07, 6.45) is 0.542. The van der Waals surface area contributed by atoms with Gasteiger partial charge in [0.05, 0.1) is 12.5 Å². The Hall–Kier alpha value is -1.75. The molecule has 0 radical (unpaired) electrons. The maximum atomic E-state index is 10.5. The summed E-state index contributed by atoms with van der Waals surface area (Å²) in [6, 6.07) is 9.82. The van der Waals surface area contributed by atoms with E-state index in [9.17, 15) is 4.79 Å².